The SMILES string of the molecule is C/C=C/C[O-].[Br-].[Mg+2]. The minimum atomic E-state index is -0.0868. The molecule has 0 radical (unpaired) electrons. The molecule has 0 aliphatic heterocycles. The molecule has 0 fully saturated rings. The average Bonchev–Trinajstić information content (AvgIpc) is 1.41. The quantitative estimate of drug-likeness (QED) is 0.300. The summed E-state index contributed by atoms with van der Waals surface area (Å²) < 4.78 is 0. The van der Waals surface area contributed by atoms with E-state index in [1.54, 1.807) is 12.2 Å². The van der Waals surface area contributed by atoms with Crippen LogP contribution in [-0.2, 0) is 0 Å². The van der Waals surface area contributed by atoms with Crippen LogP contribution in [0.1, 0.15) is 6.92 Å². The Labute approximate surface area is 70.7 Å². The van der Waals surface area contributed by atoms with Crippen molar-refractivity contribution in [1.29, 1.82) is 0 Å². The molecule has 0 atom stereocenters. The molecule has 0 heterocycles. The third-order valence-corrected chi connectivity index (χ3v) is 0.332. The van der Waals surface area contributed by atoms with Gasteiger partial charge in [-0.05, 0) is 6.92 Å². The van der Waals surface area contributed by atoms with Gasteiger partial charge < -0.3 is 22.1 Å². The van der Waals surface area contributed by atoms with Crippen LogP contribution in [-0.4, -0.2) is 29.7 Å². The minimum absolute atomic E-state index is 0. The summed E-state index contributed by atoms with van der Waals surface area (Å²) in [4.78, 5) is 0. The molecule has 0 bridgehead atoms. The molecule has 0 saturated heterocycles. The first-order chi connectivity index (χ1) is 2.41. The zero-order valence-electron chi connectivity index (χ0n) is 4.36. The summed E-state index contributed by atoms with van der Waals surface area (Å²) >= 11 is 0. The normalized spacial score (nSPS) is 7.14. The average molecular weight is 175 g/mol. The maximum atomic E-state index is 9.44. The fourth-order valence-electron chi connectivity index (χ4n) is 0.0962. The summed E-state index contributed by atoms with van der Waals surface area (Å²) in [6.07, 6.45) is 3.31. The Morgan fingerprint density at radius 1 is 1.57 bits per heavy atom. The summed E-state index contributed by atoms with van der Waals surface area (Å²) in [7, 11) is 0. The Balaban J connectivity index is -0.0000000800. The molecule has 38 valence electrons. The van der Waals surface area contributed by atoms with Gasteiger partial charge in [0.1, 0.15) is 0 Å². The van der Waals surface area contributed by atoms with Crippen LogP contribution in [0.2, 0.25) is 0 Å². The smallest absolute Gasteiger partial charge is 1.00 e. The van der Waals surface area contributed by atoms with Crippen molar-refractivity contribution in [1.82, 2.24) is 0 Å². The molecule has 0 N–H and O–H groups in total. The van der Waals surface area contributed by atoms with E-state index in [2.05, 4.69) is 0 Å². The second-order valence-corrected chi connectivity index (χ2v) is 0.736. The Morgan fingerprint density at radius 2 is 2.00 bits per heavy atom. The second kappa shape index (κ2) is 15.8. The molecule has 7 heavy (non-hydrogen) atoms. The van der Waals surface area contributed by atoms with Gasteiger partial charge in [0, 0.05) is 0 Å². The van der Waals surface area contributed by atoms with Gasteiger partial charge in [-0.3, -0.25) is 0 Å². The maximum absolute atomic E-state index is 9.44. The van der Waals surface area contributed by atoms with Gasteiger partial charge in [0.2, 0.25) is 0 Å². The van der Waals surface area contributed by atoms with Crippen molar-refractivity contribution in [2.75, 3.05) is 6.61 Å². The van der Waals surface area contributed by atoms with Crippen molar-refractivity contribution in [3.8, 4) is 0 Å². The Bertz CT molecular complexity index is 38.7. The van der Waals surface area contributed by atoms with E-state index in [0.717, 1.165) is 0 Å². The van der Waals surface area contributed by atoms with E-state index in [1.165, 1.54) is 0 Å². The van der Waals surface area contributed by atoms with Gasteiger partial charge in [0.25, 0.3) is 0 Å². The van der Waals surface area contributed by atoms with Gasteiger partial charge in [-0.2, -0.15) is 0 Å². The van der Waals surface area contributed by atoms with E-state index in [0.29, 0.717) is 0 Å². The summed E-state index contributed by atoms with van der Waals surface area (Å²) in [5.74, 6) is 0. The molecule has 3 heteroatoms. The Morgan fingerprint density at radius 3 is 2.00 bits per heavy atom. The number of hydrogen-bond donors (Lipinski definition) is 0. The molecule has 0 saturated carbocycles. The molecule has 0 aromatic carbocycles. The Hall–Kier alpha value is 0.946. The van der Waals surface area contributed by atoms with Crippen molar-refractivity contribution in [2.24, 2.45) is 0 Å². The second-order valence-electron chi connectivity index (χ2n) is 0.736. The van der Waals surface area contributed by atoms with Gasteiger partial charge in [-0.25, -0.2) is 0 Å². The molecule has 0 aromatic heterocycles. The topological polar surface area (TPSA) is 23.1 Å². The summed E-state index contributed by atoms with van der Waals surface area (Å²) in [5, 5.41) is 9.44. The van der Waals surface area contributed by atoms with Gasteiger partial charge in [-0.1, -0.05) is 6.08 Å². The van der Waals surface area contributed by atoms with Crippen LogP contribution in [0.5, 0.6) is 0 Å². The Kier molecular flexibility index (Phi) is 35.3. The zero-order chi connectivity index (χ0) is 4.12. The first-order valence-electron chi connectivity index (χ1n) is 1.61. The van der Waals surface area contributed by atoms with Gasteiger partial charge in [0.05, 0.1) is 0 Å². The predicted octanol–water partition coefficient (Wildman–Crippen LogP) is -3.45. The van der Waals surface area contributed by atoms with E-state index < -0.39 is 0 Å². The zero-order valence-corrected chi connectivity index (χ0v) is 7.36. The molecule has 0 amide bonds. The van der Waals surface area contributed by atoms with Crippen molar-refractivity contribution >= 4 is 23.1 Å². The number of hydrogen-bond acceptors (Lipinski definition) is 1. The molecule has 0 rings (SSSR count). The van der Waals surface area contributed by atoms with Crippen LogP contribution in [0.25, 0.3) is 0 Å². The molecule has 1 nitrogen and oxygen atoms in total. The van der Waals surface area contributed by atoms with Gasteiger partial charge in [0.15, 0.2) is 0 Å². The largest absolute Gasteiger partial charge is 2.00 e. The first kappa shape index (κ1) is 15.7. The maximum Gasteiger partial charge on any atom is 2.00 e. The van der Waals surface area contributed by atoms with Crippen LogP contribution in [0.15, 0.2) is 12.2 Å². The number of rotatable bonds is 1. The van der Waals surface area contributed by atoms with E-state index in [-0.39, 0.29) is 46.6 Å². The monoisotopic (exact) mass is 174 g/mol. The molecule has 0 spiro atoms. The summed E-state index contributed by atoms with van der Waals surface area (Å²) in [6, 6.07) is 0. The van der Waals surface area contributed by atoms with Crippen LogP contribution in [0, 0.1) is 0 Å². The molecule has 0 aromatic rings. The van der Waals surface area contributed by atoms with E-state index in [9.17, 15) is 5.11 Å². The number of allylic oxidation sites excluding steroid dienone is 1. The summed E-state index contributed by atoms with van der Waals surface area (Å²) in [5.41, 5.74) is 0. The van der Waals surface area contributed by atoms with E-state index >= 15 is 0 Å². The number of halogens is 1. The van der Waals surface area contributed by atoms with Gasteiger partial charge >= 0.3 is 23.1 Å². The molecule has 0 aliphatic carbocycles. The third kappa shape index (κ3) is 19.6. The first-order valence-corrected chi connectivity index (χ1v) is 1.61. The molecule has 0 aliphatic rings. The third-order valence-electron chi connectivity index (χ3n) is 0.332. The van der Waals surface area contributed by atoms with E-state index in [1.807, 2.05) is 6.92 Å². The fourth-order valence-corrected chi connectivity index (χ4v) is 0.0962. The van der Waals surface area contributed by atoms with Crippen molar-refractivity contribution in [3.63, 3.8) is 0 Å². The van der Waals surface area contributed by atoms with Crippen LogP contribution < -0.4 is 22.1 Å². The van der Waals surface area contributed by atoms with Gasteiger partial charge in [-0.15, -0.1) is 12.7 Å². The van der Waals surface area contributed by atoms with Crippen LogP contribution in [0.3, 0.4) is 0 Å². The van der Waals surface area contributed by atoms with Crippen molar-refractivity contribution in [2.45, 2.75) is 6.92 Å². The van der Waals surface area contributed by atoms with Crippen LogP contribution in [0.4, 0.5) is 0 Å². The molecule has 0 unspecified atom stereocenters. The fraction of sp³-hybridized carbons (Fsp3) is 0.500. The van der Waals surface area contributed by atoms with Crippen molar-refractivity contribution in [3.05, 3.63) is 12.2 Å². The minimum Gasteiger partial charge on any atom is -1.00 e. The van der Waals surface area contributed by atoms with E-state index in [4.69, 9.17) is 0 Å². The molecular weight excluding hydrogens is 168 g/mol. The molecular formula is C4H7BrMgO. The summed E-state index contributed by atoms with van der Waals surface area (Å²) in [6.45, 7) is 1.74. The van der Waals surface area contributed by atoms with Crippen molar-refractivity contribution < 1.29 is 22.1 Å². The van der Waals surface area contributed by atoms with Crippen LogP contribution >= 0.6 is 0 Å². The standard InChI is InChI=1S/C4H7O.BrH.Mg/c1-2-3-4-5;;/h2-3H,4H2,1H3;1H;/q-1;;+2/p-1/b3-2+;;. The predicted molar refractivity (Wildman–Crippen MR) is 25.4 cm³/mol.